The second-order valence-corrected chi connectivity index (χ2v) is 5.37. The van der Waals surface area contributed by atoms with Crippen LogP contribution in [0, 0.1) is 3.57 Å². The number of hydrogen-bond acceptors (Lipinski definition) is 2. The molecule has 2 rings (SSSR count). The van der Waals surface area contributed by atoms with Gasteiger partial charge in [-0.3, -0.25) is 4.79 Å². The molecule has 2 aromatic carbocycles. The van der Waals surface area contributed by atoms with Crippen LogP contribution in [0.4, 0.5) is 5.69 Å². The van der Waals surface area contributed by atoms with Crippen molar-refractivity contribution in [3.8, 4) is 0 Å². The molecular weight excluding hydrogens is 351 g/mol. The van der Waals surface area contributed by atoms with E-state index in [0.29, 0.717) is 6.54 Å². The fourth-order valence-electron chi connectivity index (χ4n) is 1.61. The van der Waals surface area contributed by atoms with E-state index >= 15 is 0 Å². The van der Waals surface area contributed by atoms with Crippen LogP contribution in [0.1, 0.15) is 5.56 Å². The summed E-state index contributed by atoms with van der Waals surface area (Å²) in [5, 5.41) is 5.97. The molecule has 98 valence electrons. The quantitative estimate of drug-likeness (QED) is 0.799. The molecule has 0 aliphatic rings. The van der Waals surface area contributed by atoms with Gasteiger partial charge in [-0.1, -0.05) is 30.3 Å². The van der Waals surface area contributed by atoms with Crippen LogP contribution in [0.3, 0.4) is 0 Å². The Labute approximate surface area is 126 Å². The number of carbonyl (C=O) groups is 1. The molecule has 0 atom stereocenters. The maximum Gasteiger partial charge on any atom is 0.239 e. The van der Waals surface area contributed by atoms with Crippen LogP contribution in [0.2, 0.25) is 0 Å². The van der Waals surface area contributed by atoms with Gasteiger partial charge in [0.05, 0.1) is 6.54 Å². The first-order valence-electron chi connectivity index (χ1n) is 6.04. The number of anilines is 1. The second kappa shape index (κ2) is 7.13. The van der Waals surface area contributed by atoms with Crippen LogP contribution >= 0.6 is 22.6 Å². The van der Waals surface area contributed by atoms with Gasteiger partial charge in [0.25, 0.3) is 0 Å². The Morgan fingerprint density at radius 1 is 1.00 bits per heavy atom. The van der Waals surface area contributed by atoms with Crippen LogP contribution in [0.25, 0.3) is 0 Å². The predicted octanol–water partition coefficient (Wildman–Crippen LogP) is 3.02. The van der Waals surface area contributed by atoms with E-state index in [-0.39, 0.29) is 12.5 Å². The molecule has 0 bridgehead atoms. The summed E-state index contributed by atoms with van der Waals surface area (Å²) in [4.78, 5) is 11.7. The van der Waals surface area contributed by atoms with Crippen LogP contribution in [-0.4, -0.2) is 12.5 Å². The predicted molar refractivity (Wildman–Crippen MR) is 85.9 cm³/mol. The molecule has 0 unspecified atom stereocenters. The van der Waals surface area contributed by atoms with E-state index in [1.807, 2.05) is 54.6 Å². The molecule has 2 aromatic rings. The number of nitrogens with one attached hydrogen (secondary N) is 2. The topological polar surface area (TPSA) is 41.1 Å². The number of rotatable bonds is 5. The lowest BCUT2D eigenvalue weighted by Gasteiger charge is -2.08. The molecule has 0 heterocycles. The number of amides is 1. The smallest absolute Gasteiger partial charge is 0.239 e. The van der Waals surface area contributed by atoms with E-state index < -0.39 is 0 Å². The Morgan fingerprint density at radius 2 is 1.68 bits per heavy atom. The molecule has 1 amide bonds. The Morgan fingerprint density at radius 3 is 2.37 bits per heavy atom. The van der Waals surface area contributed by atoms with E-state index in [2.05, 4.69) is 33.2 Å². The van der Waals surface area contributed by atoms with Crippen molar-refractivity contribution in [1.29, 1.82) is 0 Å². The highest BCUT2D eigenvalue weighted by molar-refractivity contribution is 14.1. The van der Waals surface area contributed by atoms with Gasteiger partial charge in [0.2, 0.25) is 5.91 Å². The molecule has 19 heavy (non-hydrogen) atoms. The van der Waals surface area contributed by atoms with Crippen molar-refractivity contribution in [2.24, 2.45) is 0 Å². The molecular formula is C15H15IN2O. The minimum absolute atomic E-state index is 0.0117. The third kappa shape index (κ3) is 4.90. The largest absolute Gasteiger partial charge is 0.376 e. The molecule has 2 N–H and O–H groups in total. The number of benzene rings is 2. The van der Waals surface area contributed by atoms with Crippen LogP contribution in [-0.2, 0) is 11.3 Å². The van der Waals surface area contributed by atoms with Crippen LogP contribution in [0.5, 0.6) is 0 Å². The van der Waals surface area contributed by atoms with Crippen molar-refractivity contribution in [1.82, 2.24) is 5.32 Å². The van der Waals surface area contributed by atoms with E-state index in [0.717, 1.165) is 11.3 Å². The van der Waals surface area contributed by atoms with Gasteiger partial charge in [-0.2, -0.15) is 0 Å². The second-order valence-electron chi connectivity index (χ2n) is 4.12. The lowest BCUT2D eigenvalue weighted by Crippen LogP contribution is -2.29. The normalized spacial score (nSPS) is 9.95. The minimum atomic E-state index is -0.0117. The Balaban J connectivity index is 1.74. The first-order chi connectivity index (χ1) is 9.24. The first kappa shape index (κ1) is 13.9. The van der Waals surface area contributed by atoms with E-state index in [1.54, 1.807) is 0 Å². The summed E-state index contributed by atoms with van der Waals surface area (Å²) in [6.45, 7) is 0.849. The molecule has 0 aliphatic carbocycles. The maximum absolute atomic E-state index is 11.7. The zero-order chi connectivity index (χ0) is 13.5. The van der Waals surface area contributed by atoms with Crippen molar-refractivity contribution in [2.45, 2.75) is 6.54 Å². The van der Waals surface area contributed by atoms with Crippen molar-refractivity contribution in [3.63, 3.8) is 0 Å². The standard InChI is InChI=1S/C15H15IN2O/c16-13-6-8-14(9-7-13)17-11-15(19)18-10-12-4-2-1-3-5-12/h1-9,17H,10-11H2,(H,18,19). The number of halogens is 1. The number of carbonyl (C=O) groups excluding carboxylic acids is 1. The average molecular weight is 366 g/mol. The Bertz CT molecular complexity index is 526. The maximum atomic E-state index is 11.7. The molecule has 0 saturated heterocycles. The molecule has 0 saturated carbocycles. The monoisotopic (exact) mass is 366 g/mol. The van der Waals surface area contributed by atoms with Gasteiger partial charge in [-0.15, -0.1) is 0 Å². The summed E-state index contributed by atoms with van der Waals surface area (Å²) >= 11 is 2.25. The van der Waals surface area contributed by atoms with Gasteiger partial charge in [-0.05, 0) is 52.4 Å². The summed E-state index contributed by atoms with van der Waals surface area (Å²) in [7, 11) is 0. The van der Waals surface area contributed by atoms with Gasteiger partial charge >= 0.3 is 0 Å². The summed E-state index contributed by atoms with van der Waals surface area (Å²) in [6.07, 6.45) is 0. The summed E-state index contributed by atoms with van der Waals surface area (Å²) < 4.78 is 1.18. The summed E-state index contributed by atoms with van der Waals surface area (Å²) in [5.41, 5.74) is 2.06. The molecule has 0 aromatic heterocycles. The van der Waals surface area contributed by atoms with Gasteiger partial charge in [0.1, 0.15) is 0 Å². The first-order valence-corrected chi connectivity index (χ1v) is 7.12. The van der Waals surface area contributed by atoms with Gasteiger partial charge < -0.3 is 10.6 Å². The van der Waals surface area contributed by atoms with E-state index in [4.69, 9.17) is 0 Å². The molecule has 0 fully saturated rings. The van der Waals surface area contributed by atoms with Crippen molar-refractivity contribution >= 4 is 34.2 Å². The minimum Gasteiger partial charge on any atom is -0.376 e. The third-order valence-electron chi connectivity index (χ3n) is 2.63. The zero-order valence-corrected chi connectivity index (χ0v) is 12.6. The van der Waals surface area contributed by atoms with Crippen LogP contribution in [0.15, 0.2) is 54.6 Å². The molecule has 3 nitrogen and oxygen atoms in total. The van der Waals surface area contributed by atoms with Crippen molar-refractivity contribution in [2.75, 3.05) is 11.9 Å². The van der Waals surface area contributed by atoms with Crippen molar-refractivity contribution in [3.05, 3.63) is 63.7 Å². The van der Waals surface area contributed by atoms with Gasteiger partial charge in [0, 0.05) is 15.8 Å². The fourth-order valence-corrected chi connectivity index (χ4v) is 1.97. The number of hydrogen-bond donors (Lipinski definition) is 2. The van der Waals surface area contributed by atoms with Crippen LogP contribution < -0.4 is 10.6 Å². The Kier molecular flexibility index (Phi) is 5.20. The van der Waals surface area contributed by atoms with Gasteiger partial charge in [-0.25, -0.2) is 0 Å². The summed E-state index contributed by atoms with van der Waals surface area (Å²) in [6, 6.07) is 17.8. The lowest BCUT2D eigenvalue weighted by molar-refractivity contribution is -0.119. The van der Waals surface area contributed by atoms with Crippen molar-refractivity contribution < 1.29 is 4.79 Å². The third-order valence-corrected chi connectivity index (χ3v) is 3.35. The van der Waals surface area contributed by atoms with E-state index in [1.165, 1.54) is 3.57 Å². The van der Waals surface area contributed by atoms with Gasteiger partial charge in [0.15, 0.2) is 0 Å². The molecule has 0 aliphatic heterocycles. The SMILES string of the molecule is O=C(CNc1ccc(I)cc1)NCc1ccccc1. The average Bonchev–Trinajstić information content (AvgIpc) is 2.45. The molecule has 0 spiro atoms. The molecule has 0 radical (unpaired) electrons. The highest BCUT2D eigenvalue weighted by Gasteiger charge is 2.01. The zero-order valence-electron chi connectivity index (χ0n) is 10.4. The highest BCUT2D eigenvalue weighted by atomic mass is 127. The summed E-state index contributed by atoms with van der Waals surface area (Å²) in [5.74, 6) is -0.0117. The van der Waals surface area contributed by atoms with E-state index in [9.17, 15) is 4.79 Å². The lowest BCUT2D eigenvalue weighted by atomic mass is 10.2. The fraction of sp³-hybridized carbons (Fsp3) is 0.133. The highest BCUT2D eigenvalue weighted by Crippen LogP contribution is 2.10. The Hall–Kier alpha value is -1.56. The molecule has 4 heteroatoms.